The SMILES string of the molecule is Cc1csc(NC(=O)CSc2nnnn2-c2ccccc2)n1. The number of para-hydroxylation sites is 1. The van der Waals surface area contributed by atoms with E-state index in [0.717, 1.165) is 11.4 Å². The van der Waals surface area contributed by atoms with Crippen molar-refractivity contribution in [3.05, 3.63) is 41.4 Å². The molecule has 0 saturated carbocycles. The van der Waals surface area contributed by atoms with Crippen molar-refractivity contribution in [3.8, 4) is 5.69 Å². The van der Waals surface area contributed by atoms with Crippen LogP contribution in [0.5, 0.6) is 0 Å². The lowest BCUT2D eigenvalue weighted by Gasteiger charge is -2.03. The summed E-state index contributed by atoms with van der Waals surface area (Å²) in [4.78, 5) is 16.1. The average molecular weight is 332 g/mol. The largest absolute Gasteiger partial charge is 0.301 e. The van der Waals surface area contributed by atoms with Crippen LogP contribution in [0.1, 0.15) is 5.69 Å². The maximum Gasteiger partial charge on any atom is 0.236 e. The number of aryl methyl sites for hydroxylation is 1. The summed E-state index contributed by atoms with van der Waals surface area (Å²) in [5, 5.41) is 17.4. The Hall–Kier alpha value is -2.26. The van der Waals surface area contributed by atoms with E-state index < -0.39 is 0 Å². The molecular formula is C13H12N6OS2. The lowest BCUT2D eigenvalue weighted by molar-refractivity contribution is -0.113. The van der Waals surface area contributed by atoms with E-state index in [0.29, 0.717) is 10.3 Å². The van der Waals surface area contributed by atoms with Crippen molar-refractivity contribution >= 4 is 34.1 Å². The number of anilines is 1. The van der Waals surface area contributed by atoms with Gasteiger partial charge >= 0.3 is 0 Å². The number of hydrogen-bond acceptors (Lipinski definition) is 7. The van der Waals surface area contributed by atoms with E-state index in [1.807, 2.05) is 42.6 Å². The van der Waals surface area contributed by atoms with Crippen LogP contribution in [0.25, 0.3) is 5.69 Å². The van der Waals surface area contributed by atoms with Crippen molar-refractivity contribution in [1.29, 1.82) is 0 Å². The van der Waals surface area contributed by atoms with Crippen LogP contribution in [0, 0.1) is 6.92 Å². The number of carbonyl (C=O) groups excluding carboxylic acids is 1. The molecule has 0 unspecified atom stereocenters. The predicted molar refractivity (Wildman–Crippen MR) is 85.4 cm³/mol. The molecule has 0 radical (unpaired) electrons. The molecule has 0 aliphatic carbocycles. The Kier molecular flexibility index (Phi) is 4.45. The van der Waals surface area contributed by atoms with Gasteiger partial charge in [-0.25, -0.2) is 4.98 Å². The van der Waals surface area contributed by atoms with Crippen LogP contribution in [-0.4, -0.2) is 36.9 Å². The summed E-state index contributed by atoms with van der Waals surface area (Å²) in [6, 6.07) is 9.54. The first-order chi connectivity index (χ1) is 10.7. The fourth-order valence-corrected chi connectivity index (χ4v) is 3.09. The second kappa shape index (κ2) is 6.67. The Morgan fingerprint density at radius 1 is 1.36 bits per heavy atom. The molecule has 0 aliphatic heterocycles. The molecule has 0 spiro atoms. The van der Waals surface area contributed by atoms with E-state index in [-0.39, 0.29) is 11.7 Å². The van der Waals surface area contributed by atoms with Crippen molar-refractivity contribution in [2.45, 2.75) is 12.1 Å². The quantitative estimate of drug-likeness (QED) is 0.721. The van der Waals surface area contributed by atoms with Crippen LogP contribution in [0.4, 0.5) is 5.13 Å². The number of aromatic nitrogens is 5. The highest BCUT2D eigenvalue weighted by atomic mass is 32.2. The van der Waals surface area contributed by atoms with Crippen molar-refractivity contribution in [2.24, 2.45) is 0 Å². The molecule has 2 aromatic heterocycles. The molecule has 112 valence electrons. The Bertz CT molecular complexity index is 770. The topological polar surface area (TPSA) is 85.6 Å². The molecule has 9 heteroatoms. The van der Waals surface area contributed by atoms with Gasteiger partial charge in [0.05, 0.1) is 17.1 Å². The molecular weight excluding hydrogens is 320 g/mol. The van der Waals surface area contributed by atoms with Gasteiger partial charge < -0.3 is 5.32 Å². The Labute approximate surface area is 134 Å². The third-order valence-corrected chi connectivity index (χ3v) is 4.43. The molecule has 1 amide bonds. The predicted octanol–water partition coefficient (Wildman–Crippen LogP) is 2.16. The highest BCUT2D eigenvalue weighted by Crippen LogP contribution is 2.19. The summed E-state index contributed by atoms with van der Waals surface area (Å²) >= 11 is 2.68. The van der Waals surface area contributed by atoms with E-state index in [4.69, 9.17) is 0 Å². The van der Waals surface area contributed by atoms with Gasteiger partial charge in [-0.05, 0) is 29.5 Å². The second-order valence-electron chi connectivity index (χ2n) is 4.34. The van der Waals surface area contributed by atoms with Crippen LogP contribution >= 0.6 is 23.1 Å². The fraction of sp³-hybridized carbons (Fsp3) is 0.154. The molecule has 0 bridgehead atoms. The van der Waals surface area contributed by atoms with Crippen LogP contribution < -0.4 is 5.32 Å². The van der Waals surface area contributed by atoms with E-state index >= 15 is 0 Å². The van der Waals surface area contributed by atoms with Gasteiger partial charge in [-0.15, -0.1) is 16.4 Å². The Balaban J connectivity index is 1.63. The number of rotatable bonds is 5. The molecule has 3 aromatic rings. The summed E-state index contributed by atoms with van der Waals surface area (Å²) in [6.07, 6.45) is 0. The first-order valence-corrected chi connectivity index (χ1v) is 8.27. The highest BCUT2D eigenvalue weighted by molar-refractivity contribution is 7.99. The Morgan fingerprint density at radius 3 is 2.91 bits per heavy atom. The molecule has 0 saturated heterocycles. The minimum absolute atomic E-state index is 0.137. The van der Waals surface area contributed by atoms with Gasteiger partial charge in [-0.2, -0.15) is 4.68 Å². The number of nitrogens with zero attached hydrogens (tertiary/aromatic N) is 5. The van der Waals surface area contributed by atoms with Crippen LogP contribution in [0.15, 0.2) is 40.9 Å². The third kappa shape index (κ3) is 3.49. The zero-order valence-corrected chi connectivity index (χ0v) is 13.3. The zero-order valence-electron chi connectivity index (χ0n) is 11.6. The molecule has 22 heavy (non-hydrogen) atoms. The van der Waals surface area contributed by atoms with Crippen molar-refractivity contribution in [1.82, 2.24) is 25.2 Å². The molecule has 1 N–H and O–H groups in total. The number of thioether (sulfide) groups is 1. The molecule has 1 aromatic carbocycles. The van der Waals surface area contributed by atoms with Gasteiger partial charge in [0.2, 0.25) is 11.1 Å². The number of thiazole rings is 1. The first kappa shape index (κ1) is 14.7. The van der Waals surface area contributed by atoms with Crippen LogP contribution in [-0.2, 0) is 4.79 Å². The zero-order chi connectivity index (χ0) is 15.4. The minimum Gasteiger partial charge on any atom is -0.301 e. The maximum atomic E-state index is 11.9. The molecule has 3 rings (SSSR count). The van der Waals surface area contributed by atoms with Crippen LogP contribution in [0.3, 0.4) is 0 Å². The highest BCUT2D eigenvalue weighted by Gasteiger charge is 2.12. The van der Waals surface area contributed by atoms with E-state index in [1.165, 1.54) is 23.1 Å². The van der Waals surface area contributed by atoms with Crippen molar-refractivity contribution in [2.75, 3.05) is 11.1 Å². The smallest absolute Gasteiger partial charge is 0.236 e. The van der Waals surface area contributed by atoms with Gasteiger partial charge in [0.25, 0.3) is 0 Å². The van der Waals surface area contributed by atoms with E-state index in [1.54, 1.807) is 4.68 Å². The molecule has 0 aliphatic rings. The lowest BCUT2D eigenvalue weighted by Crippen LogP contribution is -2.14. The number of amides is 1. The van der Waals surface area contributed by atoms with Crippen molar-refractivity contribution < 1.29 is 4.79 Å². The third-order valence-electron chi connectivity index (χ3n) is 2.64. The monoisotopic (exact) mass is 332 g/mol. The lowest BCUT2D eigenvalue weighted by atomic mass is 10.3. The first-order valence-electron chi connectivity index (χ1n) is 6.41. The number of carbonyl (C=O) groups is 1. The number of hydrogen-bond donors (Lipinski definition) is 1. The number of benzene rings is 1. The van der Waals surface area contributed by atoms with Gasteiger partial charge in [-0.3, -0.25) is 4.79 Å². The Morgan fingerprint density at radius 2 is 2.18 bits per heavy atom. The van der Waals surface area contributed by atoms with E-state index in [9.17, 15) is 4.79 Å². The number of nitrogens with one attached hydrogen (secondary N) is 1. The summed E-state index contributed by atoms with van der Waals surface area (Å²) in [6.45, 7) is 1.88. The van der Waals surface area contributed by atoms with Crippen molar-refractivity contribution in [3.63, 3.8) is 0 Å². The van der Waals surface area contributed by atoms with Gasteiger partial charge in [-0.1, -0.05) is 30.0 Å². The second-order valence-corrected chi connectivity index (χ2v) is 6.14. The standard InChI is InChI=1S/C13H12N6OS2/c1-9-7-21-12(14-9)15-11(20)8-22-13-16-17-18-19(13)10-5-3-2-4-6-10/h2-7H,8H2,1H3,(H,14,15,20). The number of tetrazole rings is 1. The molecule has 2 heterocycles. The summed E-state index contributed by atoms with van der Waals surface area (Å²) in [7, 11) is 0. The molecule has 0 fully saturated rings. The summed E-state index contributed by atoms with van der Waals surface area (Å²) in [5.74, 6) is 0.0770. The average Bonchev–Trinajstić information content (AvgIpc) is 3.15. The van der Waals surface area contributed by atoms with Gasteiger partial charge in [0.1, 0.15) is 0 Å². The normalized spacial score (nSPS) is 10.6. The fourth-order valence-electron chi connectivity index (χ4n) is 1.70. The molecule has 0 atom stereocenters. The minimum atomic E-state index is -0.137. The summed E-state index contributed by atoms with van der Waals surface area (Å²) < 4.78 is 1.60. The van der Waals surface area contributed by atoms with Gasteiger partial charge in [0, 0.05) is 5.38 Å². The summed E-state index contributed by atoms with van der Waals surface area (Å²) in [5.41, 5.74) is 1.74. The molecule has 7 nitrogen and oxygen atoms in total. The maximum absolute atomic E-state index is 11.9. The van der Waals surface area contributed by atoms with Gasteiger partial charge in [0.15, 0.2) is 5.13 Å². The van der Waals surface area contributed by atoms with E-state index in [2.05, 4.69) is 25.8 Å². The van der Waals surface area contributed by atoms with Crippen LogP contribution in [0.2, 0.25) is 0 Å².